The van der Waals surface area contributed by atoms with E-state index in [1.165, 1.54) is 6.08 Å². The fourth-order valence-electron chi connectivity index (χ4n) is 2.86. The number of rotatable bonds is 4. The molecule has 0 unspecified atom stereocenters. The van der Waals surface area contributed by atoms with Gasteiger partial charge in [0.2, 0.25) is 0 Å². The van der Waals surface area contributed by atoms with Gasteiger partial charge in [0.05, 0.1) is 11.8 Å². The highest BCUT2D eigenvalue weighted by atomic mass is 79.9. The Labute approximate surface area is 181 Å². The third kappa shape index (κ3) is 4.36. The van der Waals surface area contributed by atoms with Crippen LogP contribution in [0.3, 0.4) is 0 Å². The Kier molecular flexibility index (Phi) is 6.10. The lowest BCUT2D eigenvalue weighted by Crippen LogP contribution is -2.54. The number of hydrogen-bond donors (Lipinski definition) is 1. The molecular formula is C21H18BrClN2O4. The third-order valence-corrected chi connectivity index (χ3v) is 5.12. The number of urea groups is 1. The summed E-state index contributed by atoms with van der Waals surface area (Å²) in [6, 6.07) is 9.34. The molecule has 8 heteroatoms. The number of benzene rings is 2. The average molecular weight is 478 g/mol. The summed E-state index contributed by atoms with van der Waals surface area (Å²) in [7, 11) is 0. The normalized spacial score (nSPS) is 15.9. The Morgan fingerprint density at radius 2 is 1.90 bits per heavy atom. The Hall–Kier alpha value is -2.64. The minimum atomic E-state index is -0.824. The summed E-state index contributed by atoms with van der Waals surface area (Å²) in [4.78, 5) is 38.9. The predicted molar refractivity (Wildman–Crippen MR) is 115 cm³/mol. The number of imide groups is 2. The Morgan fingerprint density at radius 1 is 1.17 bits per heavy atom. The second kappa shape index (κ2) is 8.39. The number of halogens is 2. The van der Waals surface area contributed by atoms with Crippen LogP contribution < -0.4 is 15.0 Å². The van der Waals surface area contributed by atoms with Crippen molar-refractivity contribution in [1.29, 1.82) is 0 Å². The van der Waals surface area contributed by atoms with Crippen LogP contribution in [0.15, 0.2) is 46.4 Å². The van der Waals surface area contributed by atoms with Gasteiger partial charge < -0.3 is 4.74 Å². The Bertz CT molecular complexity index is 1050. The highest BCUT2D eigenvalue weighted by molar-refractivity contribution is 9.10. The lowest BCUT2D eigenvalue weighted by molar-refractivity contribution is -0.122. The zero-order valence-electron chi connectivity index (χ0n) is 16.0. The predicted octanol–water partition coefficient (Wildman–Crippen LogP) is 4.86. The standard InChI is InChI=1S/C21H18BrClN2O4/c1-11(2)29-18-8-7-14(22)9-13(18)10-15-19(26)24-21(28)25(20(15)27)17-6-4-5-16(23)12(17)3/h4-11H,1-3H3,(H,24,26,28)/b15-10+. The number of amides is 4. The Balaban J connectivity index is 2.09. The summed E-state index contributed by atoms with van der Waals surface area (Å²) >= 11 is 9.52. The smallest absolute Gasteiger partial charge is 0.335 e. The fourth-order valence-corrected chi connectivity index (χ4v) is 3.41. The van der Waals surface area contributed by atoms with Crippen LogP contribution >= 0.6 is 27.5 Å². The molecule has 1 fully saturated rings. The van der Waals surface area contributed by atoms with Crippen LogP contribution in [0.25, 0.3) is 6.08 Å². The minimum absolute atomic E-state index is 0.101. The zero-order chi connectivity index (χ0) is 21.3. The van der Waals surface area contributed by atoms with Gasteiger partial charge in [-0.2, -0.15) is 0 Å². The summed E-state index contributed by atoms with van der Waals surface area (Å²) in [5.41, 5.74) is 1.21. The van der Waals surface area contributed by atoms with Gasteiger partial charge in [-0.3, -0.25) is 14.9 Å². The number of barbiturate groups is 1. The van der Waals surface area contributed by atoms with Crippen LogP contribution in [0, 0.1) is 6.92 Å². The fraction of sp³-hybridized carbons (Fsp3) is 0.190. The van der Waals surface area contributed by atoms with E-state index in [1.807, 2.05) is 13.8 Å². The number of nitrogens with zero attached hydrogens (tertiary/aromatic N) is 1. The van der Waals surface area contributed by atoms with E-state index in [4.69, 9.17) is 16.3 Å². The topological polar surface area (TPSA) is 75.7 Å². The van der Waals surface area contributed by atoms with Crippen molar-refractivity contribution < 1.29 is 19.1 Å². The molecule has 0 spiro atoms. The van der Waals surface area contributed by atoms with Gasteiger partial charge in [-0.15, -0.1) is 0 Å². The maximum atomic E-state index is 13.1. The molecule has 2 aromatic carbocycles. The van der Waals surface area contributed by atoms with Crippen LogP contribution in [-0.2, 0) is 9.59 Å². The lowest BCUT2D eigenvalue weighted by atomic mass is 10.0. The second-order valence-electron chi connectivity index (χ2n) is 6.69. The van der Waals surface area contributed by atoms with Crippen molar-refractivity contribution in [3.63, 3.8) is 0 Å². The van der Waals surface area contributed by atoms with E-state index in [1.54, 1.807) is 43.3 Å². The molecular weight excluding hydrogens is 460 g/mol. The quantitative estimate of drug-likeness (QED) is 0.504. The molecule has 0 radical (unpaired) electrons. The summed E-state index contributed by atoms with van der Waals surface area (Å²) < 4.78 is 6.53. The van der Waals surface area contributed by atoms with E-state index in [-0.39, 0.29) is 11.7 Å². The third-order valence-electron chi connectivity index (χ3n) is 4.22. The van der Waals surface area contributed by atoms with E-state index in [0.717, 1.165) is 9.37 Å². The van der Waals surface area contributed by atoms with Crippen molar-refractivity contribution in [2.45, 2.75) is 26.9 Å². The minimum Gasteiger partial charge on any atom is -0.490 e. The SMILES string of the molecule is Cc1c(Cl)cccc1N1C(=O)NC(=O)/C(=C\c2cc(Br)ccc2OC(C)C)C1=O. The van der Waals surface area contributed by atoms with Crippen LogP contribution in [0.2, 0.25) is 5.02 Å². The molecule has 0 aliphatic carbocycles. The molecule has 1 aliphatic heterocycles. The van der Waals surface area contributed by atoms with E-state index in [9.17, 15) is 14.4 Å². The molecule has 1 aliphatic rings. The van der Waals surface area contributed by atoms with Crippen molar-refractivity contribution in [3.05, 3.63) is 62.6 Å². The maximum absolute atomic E-state index is 13.1. The second-order valence-corrected chi connectivity index (χ2v) is 8.01. The molecule has 29 heavy (non-hydrogen) atoms. The first-order chi connectivity index (χ1) is 13.7. The highest BCUT2D eigenvalue weighted by Crippen LogP contribution is 2.31. The molecule has 1 heterocycles. The summed E-state index contributed by atoms with van der Waals surface area (Å²) in [6.45, 7) is 5.44. The zero-order valence-corrected chi connectivity index (χ0v) is 18.3. The van der Waals surface area contributed by atoms with Crippen LogP contribution in [-0.4, -0.2) is 23.9 Å². The van der Waals surface area contributed by atoms with Crippen LogP contribution in [0.4, 0.5) is 10.5 Å². The molecule has 1 saturated heterocycles. The number of carbonyl (C=O) groups excluding carboxylic acids is 3. The van der Waals surface area contributed by atoms with E-state index < -0.39 is 17.8 Å². The molecule has 0 bridgehead atoms. The van der Waals surface area contributed by atoms with E-state index in [2.05, 4.69) is 21.2 Å². The summed E-state index contributed by atoms with van der Waals surface area (Å²) in [5.74, 6) is -0.996. The average Bonchev–Trinajstić information content (AvgIpc) is 2.63. The van der Waals surface area contributed by atoms with E-state index >= 15 is 0 Å². The maximum Gasteiger partial charge on any atom is 0.335 e. The summed E-state index contributed by atoms with van der Waals surface area (Å²) in [6.07, 6.45) is 1.32. The van der Waals surface area contributed by atoms with Gasteiger partial charge in [0, 0.05) is 15.1 Å². The molecule has 0 aromatic heterocycles. The molecule has 0 atom stereocenters. The molecule has 3 rings (SSSR count). The monoisotopic (exact) mass is 476 g/mol. The van der Waals surface area contributed by atoms with Gasteiger partial charge in [0.1, 0.15) is 11.3 Å². The first-order valence-corrected chi connectivity index (χ1v) is 9.99. The number of ether oxygens (including phenoxy) is 1. The molecule has 0 saturated carbocycles. The van der Waals surface area contributed by atoms with Crippen molar-refractivity contribution >= 4 is 57.1 Å². The van der Waals surface area contributed by atoms with Crippen molar-refractivity contribution in [2.75, 3.05) is 4.90 Å². The Morgan fingerprint density at radius 3 is 2.59 bits per heavy atom. The largest absolute Gasteiger partial charge is 0.490 e. The van der Waals surface area contributed by atoms with Gasteiger partial charge in [0.15, 0.2) is 0 Å². The van der Waals surface area contributed by atoms with Gasteiger partial charge in [-0.25, -0.2) is 9.69 Å². The lowest BCUT2D eigenvalue weighted by Gasteiger charge is -2.28. The summed E-state index contributed by atoms with van der Waals surface area (Å²) in [5, 5.41) is 2.62. The van der Waals surface area contributed by atoms with E-state index in [0.29, 0.717) is 27.6 Å². The molecule has 150 valence electrons. The molecule has 4 amide bonds. The van der Waals surface area contributed by atoms with Crippen molar-refractivity contribution in [1.82, 2.24) is 5.32 Å². The van der Waals surface area contributed by atoms with Crippen molar-refractivity contribution in [3.8, 4) is 5.75 Å². The number of nitrogens with one attached hydrogen (secondary N) is 1. The van der Waals surface area contributed by atoms with Gasteiger partial charge in [-0.05, 0) is 62.7 Å². The first-order valence-electron chi connectivity index (χ1n) is 8.82. The van der Waals surface area contributed by atoms with Gasteiger partial charge in [-0.1, -0.05) is 33.6 Å². The van der Waals surface area contributed by atoms with Gasteiger partial charge in [0.25, 0.3) is 11.8 Å². The van der Waals surface area contributed by atoms with Crippen molar-refractivity contribution in [2.24, 2.45) is 0 Å². The first kappa shape index (κ1) is 21.1. The van der Waals surface area contributed by atoms with Crippen LogP contribution in [0.5, 0.6) is 5.75 Å². The molecule has 6 nitrogen and oxygen atoms in total. The molecule has 2 aromatic rings. The highest BCUT2D eigenvalue weighted by Gasteiger charge is 2.37. The number of carbonyl (C=O) groups is 3. The molecule has 1 N–H and O–H groups in total. The van der Waals surface area contributed by atoms with Crippen LogP contribution in [0.1, 0.15) is 25.0 Å². The number of anilines is 1. The van der Waals surface area contributed by atoms with Gasteiger partial charge >= 0.3 is 6.03 Å². The number of hydrogen-bond acceptors (Lipinski definition) is 4.